The molecule has 1 saturated heterocycles. The Morgan fingerprint density at radius 1 is 1.19 bits per heavy atom. The predicted molar refractivity (Wildman–Crippen MR) is 52.4 cm³/mol. The fourth-order valence-corrected chi connectivity index (χ4v) is 4.62. The van der Waals surface area contributed by atoms with Gasteiger partial charge in [-0.15, -0.1) is 0 Å². The topological polar surface area (TPSA) is 9.23 Å². The zero-order chi connectivity index (χ0) is 12.3. The van der Waals surface area contributed by atoms with E-state index in [0.29, 0.717) is 12.7 Å². The fraction of sp³-hybridized carbons (Fsp3) is 1.00. The summed E-state index contributed by atoms with van der Waals surface area (Å²) in [6.07, 6.45) is -5.46. The van der Waals surface area contributed by atoms with Crippen molar-refractivity contribution in [3.8, 4) is 0 Å². The maximum absolute atomic E-state index is 13.3. The molecule has 0 spiro atoms. The van der Waals surface area contributed by atoms with Crippen molar-refractivity contribution in [1.29, 1.82) is 0 Å². The second kappa shape index (κ2) is 5.44. The maximum Gasteiger partial charge on any atom is 0.286 e. The Balaban J connectivity index is 2.65. The Hall–Kier alpha value is -0.173. The molecule has 0 aromatic heterocycles. The van der Waals surface area contributed by atoms with Crippen molar-refractivity contribution in [2.45, 2.75) is 49.9 Å². The second-order valence-corrected chi connectivity index (χ2v) is 7.09. The van der Waals surface area contributed by atoms with E-state index in [1.807, 2.05) is 0 Å². The van der Waals surface area contributed by atoms with Gasteiger partial charge >= 0.3 is 0 Å². The van der Waals surface area contributed by atoms with Gasteiger partial charge in [-0.05, 0) is 12.5 Å². The molecule has 0 aliphatic carbocycles. The van der Waals surface area contributed by atoms with Crippen molar-refractivity contribution in [2.24, 2.45) is 0 Å². The lowest BCUT2D eigenvalue weighted by molar-refractivity contribution is -0.130. The van der Waals surface area contributed by atoms with E-state index in [4.69, 9.17) is 4.43 Å². The molecule has 0 radical (unpaired) electrons. The SMILES string of the molecule is CC([SiH]1CCCCO1)C(F)(F)C(F)C(F)F. The van der Waals surface area contributed by atoms with Crippen LogP contribution >= 0.6 is 0 Å². The lowest BCUT2D eigenvalue weighted by Gasteiger charge is -2.33. The van der Waals surface area contributed by atoms with Crippen LogP contribution in [0.3, 0.4) is 0 Å². The van der Waals surface area contributed by atoms with Crippen molar-refractivity contribution in [3.05, 3.63) is 0 Å². The van der Waals surface area contributed by atoms with Crippen LogP contribution in [-0.2, 0) is 4.43 Å². The second-order valence-electron chi connectivity index (χ2n) is 4.10. The number of hydrogen-bond donors (Lipinski definition) is 0. The third kappa shape index (κ3) is 2.94. The molecule has 1 aliphatic heterocycles. The Labute approximate surface area is 92.7 Å². The first kappa shape index (κ1) is 13.9. The maximum atomic E-state index is 13.3. The van der Waals surface area contributed by atoms with E-state index in [9.17, 15) is 22.0 Å². The number of hydrogen-bond acceptors (Lipinski definition) is 1. The summed E-state index contributed by atoms with van der Waals surface area (Å²) < 4.78 is 68.6. The summed E-state index contributed by atoms with van der Waals surface area (Å²) in [5.41, 5.74) is -1.39. The zero-order valence-corrected chi connectivity index (χ0v) is 10.1. The lowest BCUT2D eigenvalue weighted by atomic mass is 10.1. The van der Waals surface area contributed by atoms with E-state index in [-0.39, 0.29) is 0 Å². The van der Waals surface area contributed by atoms with Gasteiger partial charge < -0.3 is 4.43 Å². The molecular formula is C9H15F5OSi. The Kier molecular flexibility index (Phi) is 4.72. The van der Waals surface area contributed by atoms with E-state index >= 15 is 0 Å². The lowest BCUT2D eigenvalue weighted by Crippen LogP contribution is -2.45. The summed E-state index contributed by atoms with van der Waals surface area (Å²) in [6.45, 7) is 1.51. The highest BCUT2D eigenvalue weighted by atomic mass is 28.3. The summed E-state index contributed by atoms with van der Waals surface area (Å²) >= 11 is 0. The van der Waals surface area contributed by atoms with Crippen molar-refractivity contribution >= 4 is 9.04 Å². The first-order valence-corrected chi connectivity index (χ1v) is 7.24. The third-order valence-electron chi connectivity index (χ3n) is 2.97. The molecule has 0 amide bonds. The summed E-state index contributed by atoms with van der Waals surface area (Å²) in [7, 11) is -2.27. The Bertz CT molecular complexity index is 220. The molecule has 0 saturated carbocycles. The van der Waals surface area contributed by atoms with Crippen molar-refractivity contribution in [1.82, 2.24) is 0 Å². The third-order valence-corrected chi connectivity index (χ3v) is 6.17. The molecule has 1 aliphatic rings. The standard InChI is InChI=1S/C9H15F5OSi/c1-6(16-5-3-2-4-15-16)9(13,14)7(10)8(11)12/h6-8,16H,2-5H2,1H3. The van der Waals surface area contributed by atoms with Crippen LogP contribution in [0, 0.1) is 0 Å². The molecule has 0 aromatic rings. The Morgan fingerprint density at radius 3 is 2.25 bits per heavy atom. The molecule has 1 nitrogen and oxygen atoms in total. The largest absolute Gasteiger partial charge is 0.420 e. The number of rotatable bonds is 4. The van der Waals surface area contributed by atoms with Crippen LogP contribution in [0.15, 0.2) is 0 Å². The van der Waals surface area contributed by atoms with Crippen LogP contribution in [0.25, 0.3) is 0 Å². The summed E-state index contributed by atoms with van der Waals surface area (Å²) in [5.74, 6) is -3.98. The molecule has 0 N–H and O–H groups in total. The Morgan fingerprint density at radius 2 is 1.81 bits per heavy atom. The number of halogens is 5. The van der Waals surface area contributed by atoms with Crippen molar-refractivity contribution < 1.29 is 26.4 Å². The average molecular weight is 262 g/mol. The molecule has 16 heavy (non-hydrogen) atoms. The smallest absolute Gasteiger partial charge is 0.286 e. The van der Waals surface area contributed by atoms with E-state index < -0.39 is 33.1 Å². The van der Waals surface area contributed by atoms with Crippen molar-refractivity contribution in [2.75, 3.05) is 6.61 Å². The highest BCUT2D eigenvalue weighted by molar-refractivity contribution is 6.54. The molecule has 1 heterocycles. The van der Waals surface area contributed by atoms with Gasteiger partial charge in [0, 0.05) is 12.1 Å². The molecule has 96 valence electrons. The van der Waals surface area contributed by atoms with E-state index in [1.54, 1.807) is 0 Å². The molecule has 0 bridgehead atoms. The molecule has 3 unspecified atom stereocenters. The van der Waals surface area contributed by atoms with Gasteiger partial charge in [-0.3, -0.25) is 0 Å². The van der Waals surface area contributed by atoms with E-state index in [1.165, 1.54) is 0 Å². The molecule has 1 fully saturated rings. The van der Waals surface area contributed by atoms with Crippen LogP contribution in [-0.4, -0.2) is 34.2 Å². The van der Waals surface area contributed by atoms with Crippen LogP contribution in [0.2, 0.25) is 11.6 Å². The molecule has 7 heteroatoms. The van der Waals surface area contributed by atoms with Gasteiger partial charge in [-0.2, -0.15) is 0 Å². The molecule has 3 atom stereocenters. The minimum absolute atomic E-state index is 0.392. The van der Waals surface area contributed by atoms with Gasteiger partial charge in [0.1, 0.15) is 0 Å². The van der Waals surface area contributed by atoms with Crippen LogP contribution in [0.5, 0.6) is 0 Å². The summed E-state index contributed by atoms with van der Waals surface area (Å²) in [4.78, 5) is 0. The quantitative estimate of drug-likeness (QED) is 0.558. The van der Waals surface area contributed by atoms with Gasteiger partial charge in [-0.1, -0.05) is 13.3 Å². The van der Waals surface area contributed by atoms with Crippen LogP contribution in [0.1, 0.15) is 19.8 Å². The molecular weight excluding hydrogens is 247 g/mol. The van der Waals surface area contributed by atoms with Gasteiger partial charge in [0.25, 0.3) is 12.3 Å². The minimum atomic E-state index is -3.98. The molecule has 0 aromatic carbocycles. The first-order valence-electron chi connectivity index (χ1n) is 5.29. The number of alkyl halides is 5. The van der Waals surface area contributed by atoms with Crippen LogP contribution in [0.4, 0.5) is 22.0 Å². The van der Waals surface area contributed by atoms with E-state index in [0.717, 1.165) is 19.8 Å². The van der Waals surface area contributed by atoms with E-state index in [2.05, 4.69) is 0 Å². The monoisotopic (exact) mass is 262 g/mol. The van der Waals surface area contributed by atoms with Crippen LogP contribution < -0.4 is 0 Å². The zero-order valence-electron chi connectivity index (χ0n) is 8.94. The summed E-state index contributed by atoms with van der Waals surface area (Å²) in [5, 5.41) is 0. The normalized spacial score (nSPS) is 26.8. The van der Waals surface area contributed by atoms with Gasteiger partial charge in [0.15, 0.2) is 9.04 Å². The highest BCUT2D eigenvalue weighted by Crippen LogP contribution is 2.41. The molecule has 1 rings (SSSR count). The minimum Gasteiger partial charge on any atom is -0.420 e. The summed E-state index contributed by atoms with van der Waals surface area (Å²) in [6, 6.07) is 0.507. The first-order chi connectivity index (χ1) is 7.37. The van der Waals surface area contributed by atoms with Gasteiger partial charge in [0.2, 0.25) is 6.17 Å². The van der Waals surface area contributed by atoms with Gasteiger partial charge in [0.05, 0.1) is 0 Å². The highest BCUT2D eigenvalue weighted by Gasteiger charge is 2.53. The predicted octanol–water partition coefficient (Wildman–Crippen LogP) is 3.15. The average Bonchev–Trinajstić information content (AvgIpc) is 2.28. The van der Waals surface area contributed by atoms with Crippen molar-refractivity contribution in [3.63, 3.8) is 0 Å². The fourth-order valence-electron chi connectivity index (χ4n) is 1.83. The van der Waals surface area contributed by atoms with Gasteiger partial charge in [-0.25, -0.2) is 22.0 Å².